The molecule has 1 aromatic heterocycles. The number of likely N-dealkylation sites (tertiary alicyclic amines) is 1. The number of amides is 1. The van der Waals surface area contributed by atoms with E-state index in [9.17, 15) is 14.4 Å². The first-order valence-corrected chi connectivity index (χ1v) is 11.9. The van der Waals surface area contributed by atoms with Gasteiger partial charge in [-0.25, -0.2) is 4.79 Å². The Balaban J connectivity index is 1.67. The molecule has 1 fully saturated rings. The Morgan fingerprint density at radius 1 is 1.15 bits per heavy atom. The van der Waals surface area contributed by atoms with Gasteiger partial charge in [-0.3, -0.25) is 14.5 Å². The molecule has 2 heterocycles. The van der Waals surface area contributed by atoms with E-state index in [-0.39, 0.29) is 29.6 Å². The van der Waals surface area contributed by atoms with Crippen molar-refractivity contribution in [2.24, 2.45) is 17.8 Å². The molecular weight excluding hydrogens is 420 g/mol. The van der Waals surface area contributed by atoms with Gasteiger partial charge in [0.05, 0.1) is 18.5 Å². The van der Waals surface area contributed by atoms with E-state index in [1.54, 1.807) is 0 Å². The molecule has 1 N–H and O–H groups in total. The highest BCUT2D eigenvalue weighted by molar-refractivity contribution is 5.98. The van der Waals surface area contributed by atoms with Crippen LogP contribution < -0.4 is 11.1 Å². The van der Waals surface area contributed by atoms with Crippen molar-refractivity contribution in [2.75, 3.05) is 13.1 Å². The topological polar surface area (TPSA) is 97.4 Å². The highest BCUT2D eigenvalue weighted by atomic mass is 16.4. The summed E-state index contributed by atoms with van der Waals surface area (Å²) < 4.78 is 6.31. The van der Waals surface area contributed by atoms with Gasteiger partial charge in [0, 0.05) is 13.1 Å². The minimum absolute atomic E-state index is 0.129. The summed E-state index contributed by atoms with van der Waals surface area (Å²) in [5, 5.41) is 7.03. The van der Waals surface area contributed by atoms with Crippen molar-refractivity contribution < 1.29 is 14.0 Å². The van der Waals surface area contributed by atoms with Gasteiger partial charge in [-0.2, -0.15) is 4.68 Å². The molecule has 1 aliphatic rings. The number of hydrogen-bond donors (Lipinski definition) is 1. The van der Waals surface area contributed by atoms with E-state index in [1.165, 1.54) is 10.2 Å². The number of ketones is 1. The second-order valence-corrected chi connectivity index (χ2v) is 9.86. The minimum Gasteiger partial charge on any atom is -0.384 e. The average Bonchev–Trinajstić information content (AvgIpc) is 3.13. The summed E-state index contributed by atoms with van der Waals surface area (Å²) >= 11 is 0. The monoisotopic (exact) mass is 456 g/mol. The molecule has 2 aromatic rings. The maximum atomic E-state index is 13.1. The van der Waals surface area contributed by atoms with Gasteiger partial charge in [0.2, 0.25) is 11.7 Å². The Labute approximate surface area is 195 Å². The molecule has 0 aliphatic carbocycles. The number of hydrogen-bond acceptors (Lipinski definition) is 6. The molecule has 2 atom stereocenters. The standard InChI is InChI=1S/C25H36N4O4/c1-17(2)13-21(22(30)24-27-29(14-18(3)4)25(32)33-24)26-23(31)20-11-8-12-28(16-20)15-19-9-6-5-7-10-19/h5-7,9-10,17-18,20-21H,8,11-16H2,1-4H3,(H,26,31). The molecule has 8 heteroatoms. The minimum atomic E-state index is -0.771. The van der Waals surface area contributed by atoms with Gasteiger partial charge >= 0.3 is 5.76 Å². The summed E-state index contributed by atoms with van der Waals surface area (Å²) in [5.74, 6) is -1.29. The summed E-state index contributed by atoms with van der Waals surface area (Å²) in [6.07, 6.45) is 2.17. The van der Waals surface area contributed by atoms with Gasteiger partial charge in [0.25, 0.3) is 5.89 Å². The fourth-order valence-corrected chi connectivity index (χ4v) is 4.26. The van der Waals surface area contributed by atoms with E-state index < -0.39 is 17.6 Å². The molecule has 8 nitrogen and oxygen atoms in total. The van der Waals surface area contributed by atoms with Gasteiger partial charge in [-0.15, -0.1) is 5.10 Å². The second kappa shape index (κ2) is 11.4. The van der Waals surface area contributed by atoms with Crippen molar-refractivity contribution in [1.29, 1.82) is 0 Å². The van der Waals surface area contributed by atoms with Crippen molar-refractivity contribution >= 4 is 11.7 Å². The lowest BCUT2D eigenvalue weighted by Gasteiger charge is -2.32. The van der Waals surface area contributed by atoms with Gasteiger partial charge in [-0.1, -0.05) is 58.0 Å². The van der Waals surface area contributed by atoms with E-state index in [4.69, 9.17) is 4.42 Å². The van der Waals surface area contributed by atoms with Gasteiger partial charge in [0.15, 0.2) is 0 Å². The van der Waals surface area contributed by atoms with Gasteiger partial charge in [-0.05, 0) is 43.2 Å². The second-order valence-electron chi connectivity index (χ2n) is 9.86. The van der Waals surface area contributed by atoms with Crippen LogP contribution in [0.25, 0.3) is 0 Å². The predicted octanol–water partition coefficient (Wildman–Crippen LogP) is 3.12. The van der Waals surface area contributed by atoms with Crippen LogP contribution >= 0.6 is 0 Å². The summed E-state index contributed by atoms with van der Waals surface area (Å²) in [4.78, 5) is 40.6. The summed E-state index contributed by atoms with van der Waals surface area (Å²) in [7, 11) is 0. The molecule has 180 valence electrons. The highest BCUT2D eigenvalue weighted by Crippen LogP contribution is 2.20. The van der Waals surface area contributed by atoms with Gasteiger partial charge < -0.3 is 9.73 Å². The molecule has 1 amide bonds. The first-order chi connectivity index (χ1) is 15.7. The third kappa shape index (κ3) is 7.12. The number of nitrogens with one attached hydrogen (secondary N) is 1. The molecule has 0 spiro atoms. The van der Waals surface area contributed by atoms with Crippen LogP contribution in [0.5, 0.6) is 0 Å². The van der Waals surface area contributed by atoms with Gasteiger partial charge in [0.1, 0.15) is 0 Å². The van der Waals surface area contributed by atoms with Crippen LogP contribution in [0.4, 0.5) is 0 Å². The third-order valence-corrected chi connectivity index (χ3v) is 5.82. The van der Waals surface area contributed by atoms with Crippen molar-refractivity contribution in [3.05, 3.63) is 52.3 Å². The Morgan fingerprint density at radius 3 is 2.55 bits per heavy atom. The number of rotatable bonds is 10. The zero-order valence-corrected chi connectivity index (χ0v) is 20.1. The molecule has 33 heavy (non-hydrogen) atoms. The highest BCUT2D eigenvalue weighted by Gasteiger charge is 2.32. The Kier molecular flexibility index (Phi) is 8.61. The van der Waals surface area contributed by atoms with Crippen LogP contribution in [0.2, 0.25) is 0 Å². The van der Waals surface area contributed by atoms with Crippen molar-refractivity contribution in [3.8, 4) is 0 Å². The lowest BCUT2D eigenvalue weighted by molar-refractivity contribution is -0.127. The zero-order valence-electron chi connectivity index (χ0n) is 20.1. The number of aromatic nitrogens is 2. The average molecular weight is 457 g/mol. The molecule has 0 radical (unpaired) electrons. The van der Waals surface area contributed by atoms with E-state index in [1.807, 2.05) is 45.9 Å². The number of benzene rings is 1. The SMILES string of the molecule is CC(C)CC(NC(=O)C1CCCN(Cc2ccccc2)C1)C(=O)c1nn(CC(C)C)c(=O)o1. The molecule has 0 saturated carbocycles. The first kappa shape index (κ1) is 24.9. The molecule has 1 aliphatic heterocycles. The normalized spacial score (nSPS) is 17.9. The van der Waals surface area contributed by atoms with E-state index in [0.29, 0.717) is 19.5 Å². The van der Waals surface area contributed by atoms with Crippen LogP contribution in [-0.2, 0) is 17.9 Å². The number of carbonyl (C=O) groups excluding carboxylic acids is 2. The summed E-state index contributed by atoms with van der Waals surface area (Å²) in [5.41, 5.74) is 1.22. The summed E-state index contributed by atoms with van der Waals surface area (Å²) in [6.45, 7) is 10.7. The van der Waals surface area contributed by atoms with Crippen LogP contribution in [0.1, 0.15) is 63.2 Å². The molecular formula is C25H36N4O4. The fraction of sp³-hybridized carbons (Fsp3) is 0.600. The number of Topliss-reactive ketones (excluding diaryl/α,β-unsaturated/α-hetero) is 1. The molecule has 1 aromatic carbocycles. The van der Waals surface area contributed by atoms with E-state index in [2.05, 4.69) is 27.4 Å². The van der Waals surface area contributed by atoms with Crippen molar-refractivity contribution in [3.63, 3.8) is 0 Å². The lowest BCUT2D eigenvalue weighted by Crippen LogP contribution is -2.48. The Hall–Kier alpha value is -2.74. The maximum Gasteiger partial charge on any atom is 0.437 e. The van der Waals surface area contributed by atoms with E-state index in [0.717, 1.165) is 25.9 Å². The Morgan fingerprint density at radius 2 is 1.88 bits per heavy atom. The predicted molar refractivity (Wildman–Crippen MR) is 126 cm³/mol. The number of piperidine rings is 1. The number of nitrogens with zero attached hydrogens (tertiary/aromatic N) is 3. The summed E-state index contributed by atoms with van der Waals surface area (Å²) in [6, 6.07) is 9.45. The van der Waals surface area contributed by atoms with Crippen molar-refractivity contribution in [2.45, 2.75) is 66.1 Å². The first-order valence-electron chi connectivity index (χ1n) is 11.9. The maximum absolute atomic E-state index is 13.1. The largest absolute Gasteiger partial charge is 0.437 e. The smallest absolute Gasteiger partial charge is 0.384 e. The van der Waals surface area contributed by atoms with E-state index >= 15 is 0 Å². The zero-order chi connectivity index (χ0) is 24.0. The number of carbonyl (C=O) groups is 2. The van der Waals surface area contributed by atoms with Crippen LogP contribution in [0.15, 0.2) is 39.5 Å². The molecule has 3 rings (SSSR count). The molecule has 0 bridgehead atoms. The quantitative estimate of drug-likeness (QED) is 0.552. The van der Waals surface area contributed by atoms with Crippen LogP contribution in [-0.4, -0.2) is 45.5 Å². The third-order valence-electron chi connectivity index (χ3n) is 5.82. The lowest BCUT2D eigenvalue weighted by atomic mass is 9.94. The molecule has 1 saturated heterocycles. The van der Waals surface area contributed by atoms with Crippen LogP contribution in [0, 0.1) is 17.8 Å². The van der Waals surface area contributed by atoms with Crippen molar-refractivity contribution in [1.82, 2.24) is 20.0 Å². The fourth-order valence-electron chi connectivity index (χ4n) is 4.26. The Bertz CT molecular complexity index is 980. The van der Waals surface area contributed by atoms with Crippen LogP contribution in [0.3, 0.4) is 0 Å². The molecule has 2 unspecified atom stereocenters.